The smallest absolute Gasteiger partial charge is 0.321 e. The van der Waals surface area contributed by atoms with E-state index >= 15 is 0 Å². The number of para-hydroxylation sites is 1. The van der Waals surface area contributed by atoms with E-state index in [1.807, 2.05) is 66.9 Å². The largest absolute Gasteiger partial charge is 0.493 e. The van der Waals surface area contributed by atoms with Crippen LogP contribution in [-0.4, -0.2) is 48.8 Å². The first-order valence-electron chi connectivity index (χ1n) is 13.5. The normalized spacial score (nSPS) is 14.9. The van der Waals surface area contributed by atoms with Gasteiger partial charge in [-0.1, -0.05) is 36.4 Å². The highest BCUT2D eigenvalue weighted by Gasteiger charge is 2.36. The molecule has 4 aromatic rings. The van der Waals surface area contributed by atoms with Gasteiger partial charge in [-0.2, -0.15) is 4.31 Å². The molecule has 1 unspecified atom stereocenters. The monoisotopic (exact) mass is 595 g/mol. The Morgan fingerprint density at radius 2 is 2.02 bits per heavy atom. The number of hydrogen-bond donors (Lipinski definition) is 1. The minimum absolute atomic E-state index is 0.00470. The zero-order chi connectivity index (χ0) is 28.8. The first kappa shape index (κ1) is 28.8. The van der Waals surface area contributed by atoms with E-state index in [4.69, 9.17) is 13.9 Å². The maximum absolute atomic E-state index is 13.8. The number of sulfonamides is 1. The SMILES string of the molecule is CCOC(=O)CN(Cc1cccc(OCCc2nc(-c3cccs3)oc2C)c1)S(=O)(=O)C1CCc2ccccc2N1. The second kappa shape index (κ2) is 12.9. The number of aryl methyl sites for hydroxylation is 2. The first-order chi connectivity index (χ1) is 19.8. The molecule has 0 spiro atoms. The van der Waals surface area contributed by atoms with Crippen LogP contribution in [0.2, 0.25) is 0 Å². The fraction of sp³-hybridized carbons (Fsp3) is 0.333. The lowest BCUT2D eigenvalue weighted by Gasteiger charge is -2.31. The third-order valence-corrected chi connectivity index (χ3v) is 9.74. The fourth-order valence-corrected chi connectivity index (χ4v) is 7.08. The van der Waals surface area contributed by atoms with Crippen LogP contribution in [0, 0.1) is 6.92 Å². The summed E-state index contributed by atoms with van der Waals surface area (Å²) in [7, 11) is -3.90. The molecule has 0 saturated heterocycles. The van der Waals surface area contributed by atoms with Gasteiger partial charge in [0, 0.05) is 18.7 Å². The Labute approximate surface area is 244 Å². The van der Waals surface area contributed by atoms with Crippen LogP contribution in [0.5, 0.6) is 5.75 Å². The topological polar surface area (TPSA) is 111 Å². The molecular weight excluding hydrogens is 562 g/mol. The van der Waals surface area contributed by atoms with E-state index in [-0.39, 0.29) is 19.7 Å². The molecule has 0 amide bonds. The van der Waals surface area contributed by atoms with E-state index in [1.165, 1.54) is 4.31 Å². The number of carbonyl (C=O) groups is 1. The molecule has 9 nitrogen and oxygen atoms in total. The quantitative estimate of drug-likeness (QED) is 0.217. The Kier molecular flexibility index (Phi) is 9.06. The molecule has 1 aliphatic heterocycles. The molecule has 5 rings (SSSR count). The van der Waals surface area contributed by atoms with Gasteiger partial charge in [0.25, 0.3) is 0 Å². The van der Waals surface area contributed by atoms with Crippen LogP contribution < -0.4 is 10.1 Å². The van der Waals surface area contributed by atoms with E-state index in [1.54, 1.807) is 24.3 Å². The zero-order valence-corrected chi connectivity index (χ0v) is 24.7. The van der Waals surface area contributed by atoms with Crippen molar-refractivity contribution in [2.24, 2.45) is 0 Å². The molecule has 41 heavy (non-hydrogen) atoms. The summed E-state index contributed by atoms with van der Waals surface area (Å²) in [6.45, 7) is 3.75. The molecule has 0 fully saturated rings. The summed E-state index contributed by atoms with van der Waals surface area (Å²) >= 11 is 1.57. The lowest BCUT2D eigenvalue weighted by Crippen LogP contribution is -2.46. The summed E-state index contributed by atoms with van der Waals surface area (Å²) in [6, 6.07) is 18.8. The number of thiophene rings is 1. The number of nitrogens with zero attached hydrogens (tertiary/aromatic N) is 2. The van der Waals surface area contributed by atoms with Gasteiger partial charge in [0.15, 0.2) is 0 Å². The third kappa shape index (κ3) is 6.98. The Morgan fingerprint density at radius 3 is 2.83 bits per heavy atom. The number of rotatable bonds is 12. The maximum Gasteiger partial charge on any atom is 0.321 e. The molecule has 11 heteroatoms. The van der Waals surface area contributed by atoms with Crippen molar-refractivity contribution in [3.63, 3.8) is 0 Å². The van der Waals surface area contributed by atoms with Crippen molar-refractivity contribution < 1.29 is 27.1 Å². The van der Waals surface area contributed by atoms with Crippen LogP contribution in [0.1, 0.15) is 35.9 Å². The van der Waals surface area contributed by atoms with Crippen LogP contribution in [0.15, 0.2) is 70.5 Å². The van der Waals surface area contributed by atoms with Gasteiger partial charge in [-0.05, 0) is 67.5 Å². The lowest BCUT2D eigenvalue weighted by atomic mass is 10.0. The average Bonchev–Trinajstić information content (AvgIpc) is 3.63. The molecule has 216 valence electrons. The number of fused-ring (bicyclic) bond motifs is 1. The van der Waals surface area contributed by atoms with Gasteiger partial charge in [-0.15, -0.1) is 11.3 Å². The van der Waals surface area contributed by atoms with Gasteiger partial charge in [0.1, 0.15) is 23.4 Å². The number of anilines is 1. The number of hydrogen-bond acceptors (Lipinski definition) is 9. The Hall–Kier alpha value is -3.67. The minimum atomic E-state index is -3.90. The number of ether oxygens (including phenoxy) is 2. The van der Waals surface area contributed by atoms with Crippen molar-refractivity contribution in [1.29, 1.82) is 0 Å². The molecule has 0 aliphatic carbocycles. The highest BCUT2D eigenvalue weighted by atomic mass is 32.2. The Bertz CT molecular complexity index is 1580. The molecule has 0 saturated carbocycles. The summed E-state index contributed by atoms with van der Waals surface area (Å²) in [5.74, 6) is 1.36. The second-order valence-electron chi connectivity index (χ2n) is 9.69. The molecule has 0 bridgehead atoms. The predicted octanol–water partition coefficient (Wildman–Crippen LogP) is 5.41. The summed E-state index contributed by atoms with van der Waals surface area (Å²) in [4.78, 5) is 18.0. The Balaban J connectivity index is 1.27. The van der Waals surface area contributed by atoms with Crippen molar-refractivity contribution in [3.8, 4) is 16.5 Å². The summed E-state index contributed by atoms with van der Waals surface area (Å²) in [6.07, 6.45) is 1.59. The van der Waals surface area contributed by atoms with Gasteiger partial charge in [-0.3, -0.25) is 4.79 Å². The number of nitrogens with one attached hydrogen (secondary N) is 1. The van der Waals surface area contributed by atoms with E-state index in [9.17, 15) is 13.2 Å². The van der Waals surface area contributed by atoms with Crippen LogP contribution in [0.4, 0.5) is 5.69 Å². The molecular formula is C30H33N3O6S2. The average molecular weight is 596 g/mol. The number of benzene rings is 2. The van der Waals surface area contributed by atoms with Crippen molar-refractivity contribution in [2.45, 2.75) is 45.0 Å². The van der Waals surface area contributed by atoms with Gasteiger partial charge in [-0.25, -0.2) is 13.4 Å². The summed E-state index contributed by atoms with van der Waals surface area (Å²) < 4.78 is 45.7. The number of carbonyl (C=O) groups excluding carboxylic acids is 1. The third-order valence-electron chi connectivity index (χ3n) is 6.83. The molecule has 2 aromatic heterocycles. The number of aromatic nitrogens is 1. The first-order valence-corrected chi connectivity index (χ1v) is 15.9. The van der Waals surface area contributed by atoms with E-state index in [0.717, 1.165) is 27.6 Å². The summed E-state index contributed by atoms with van der Waals surface area (Å²) in [5.41, 5.74) is 3.40. The minimum Gasteiger partial charge on any atom is -0.493 e. The van der Waals surface area contributed by atoms with E-state index < -0.39 is 21.4 Å². The summed E-state index contributed by atoms with van der Waals surface area (Å²) in [5, 5.41) is 4.29. The van der Waals surface area contributed by atoms with Crippen LogP contribution >= 0.6 is 11.3 Å². The maximum atomic E-state index is 13.8. The molecule has 2 aromatic carbocycles. The second-order valence-corrected chi connectivity index (χ2v) is 12.8. The number of esters is 1. The van der Waals surface area contributed by atoms with E-state index in [2.05, 4.69) is 10.3 Å². The van der Waals surface area contributed by atoms with Crippen molar-refractivity contribution in [1.82, 2.24) is 9.29 Å². The van der Waals surface area contributed by atoms with Gasteiger partial charge >= 0.3 is 5.97 Å². The zero-order valence-electron chi connectivity index (χ0n) is 23.0. The van der Waals surface area contributed by atoms with E-state index in [0.29, 0.717) is 43.1 Å². The van der Waals surface area contributed by atoms with Gasteiger partial charge < -0.3 is 19.2 Å². The van der Waals surface area contributed by atoms with Crippen molar-refractivity contribution in [2.75, 3.05) is 25.1 Å². The van der Waals surface area contributed by atoms with Crippen molar-refractivity contribution >= 4 is 33.0 Å². The molecule has 3 heterocycles. The van der Waals surface area contributed by atoms with Crippen LogP contribution in [0.3, 0.4) is 0 Å². The Morgan fingerprint density at radius 1 is 1.17 bits per heavy atom. The molecule has 1 N–H and O–H groups in total. The van der Waals surface area contributed by atoms with Gasteiger partial charge in [0.05, 0.1) is 23.8 Å². The number of oxazole rings is 1. The highest BCUT2D eigenvalue weighted by molar-refractivity contribution is 7.89. The molecule has 1 aliphatic rings. The molecule has 1 atom stereocenters. The lowest BCUT2D eigenvalue weighted by molar-refractivity contribution is -0.143. The fourth-order valence-electron chi connectivity index (χ4n) is 4.77. The van der Waals surface area contributed by atoms with Crippen molar-refractivity contribution in [3.05, 3.63) is 88.6 Å². The van der Waals surface area contributed by atoms with Crippen LogP contribution in [0.25, 0.3) is 10.8 Å². The highest BCUT2D eigenvalue weighted by Crippen LogP contribution is 2.29. The van der Waals surface area contributed by atoms with Crippen LogP contribution in [-0.2, 0) is 38.9 Å². The standard InChI is InChI=1S/C30H33N3O6S2/c1-3-37-29(34)20-33(41(35,36)28-14-13-23-9-4-5-11-26(23)31-28)19-22-8-6-10-24(18-22)38-16-15-25-21(2)39-30(32-25)27-12-7-17-40-27/h4-12,17-18,28,31H,3,13-16,19-20H2,1-2H3. The molecule has 0 radical (unpaired) electrons. The predicted molar refractivity (Wildman–Crippen MR) is 158 cm³/mol. The van der Waals surface area contributed by atoms with Gasteiger partial charge in [0.2, 0.25) is 15.9 Å².